The minimum atomic E-state index is -0.0915. The number of benzene rings is 2. The van der Waals surface area contributed by atoms with Gasteiger partial charge < -0.3 is 19.7 Å². The Balaban J connectivity index is 1.33. The fourth-order valence-electron chi connectivity index (χ4n) is 3.77. The van der Waals surface area contributed by atoms with Crippen LogP contribution in [0.2, 0.25) is 0 Å². The molecule has 1 aliphatic heterocycles. The summed E-state index contributed by atoms with van der Waals surface area (Å²) in [7, 11) is 1.60. The first-order chi connectivity index (χ1) is 16.1. The van der Waals surface area contributed by atoms with E-state index in [0.717, 1.165) is 16.1 Å². The summed E-state index contributed by atoms with van der Waals surface area (Å²) < 4.78 is 10.9. The molecule has 0 unspecified atom stereocenters. The summed E-state index contributed by atoms with van der Waals surface area (Å²) in [5.74, 6) is 1.29. The first-order valence-electron chi connectivity index (χ1n) is 11.0. The van der Waals surface area contributed by atoms with Gasteiger partial charge in [0.2, 0.25) is 5.91 Å². The number of thiazole rings is 1. The Morgan fingerprint density at radius 3 is 2.73 bits per heavy atom. The standard InChI is InChI=1S/C25H27N3O4S/c1-3-32-20-11-9-17(15-21(20)31-2)10-12-23(29)27-25-26-19-13-14-28(16-22(19)33-25)24(30)18-7-5-4-6-8-18/h4-9,11,15H,3,10,12-14,16H2,1-2H3,(H,26,27,29). The number of aromatic nitrogens is 1. The highest BCUT2D eigenvalue weighted by Gasteiger charge is 2.25. The van der Waals surface area contributed by atoms with Gasteiger partial charge in [0.05, 0.1) is 26.0 Å². The minimum Gasteiger partial charge on any atom is -0.493 e. The van der Waals surface area contributed by atoms with E-state index in [-0.39, 0.29) is 11.8 Å². The first kappa shape index (κ1) is 22.8. The summed E-state index contributed by atoms with van der Waals surface area (Å²) in [4.78, 5) is 32.7. The van der Waals surface area contributed by atoms with Crippen LogP contribution in [0.25, 0.3) is 0 Å². The van der Waals surface area contributed by atoms with E-state index < -0.39 is 0 Å². The Morgan fingerprint density at radius 1 is 1.15 bits per heavy atom. The topological polar surface area (TPSA) is 80.8 Å². The normalized spacial score (nSPS) is 12.7. The van der Waals surface area contributed by atoms with Gasteiger partial charge in [0.15, 0.2) is 16.6 Å². The lowest BCUT2D eigenvalue weighted by Crippen LogP contribution is -2.35. The molecule has 0 saturated carbocycles. The van der Waals surface area contributed by atoms with Gasteiger partial charge in [-0.25, -0.2) is 4.98 Å². The number of anilines is 1. The van der Waals surface area contributed by atoms with Crippen LogP contribution in [0.15, 0.2) is 48.5 Å². The molecule has 0 radical (unpaired) electrons. The highest BCUT2D eigenvalue weighted by atomic mass is 32.1. The van der Waals surface area contributed by atoms with Crippen molar-refractivity contribution in [3.05, 3.63) is 70.2 Å². The maximum atomic E-state index is 12.7. The molecule has 0 bridgehead atoms. The van der Waals surface area contributed by atoms with E-state index in [1.165, 1.54) is 11.3 Å². The van der Waals surface area contributed by atoms with Gasteiger partial charge in [-0.2, -0.15) is 0 Å². The molecule has 2 heterocycles. The Kier molecular flexibility index (Phi) is 7.24. The number of rotatable bonds is 8. The summed E-state index contributed by atoms with van der Waals surface area (Å²) in [6.07, 6.45) is 1.60. The molecule has 0 atom stereocenters. The van der Waals surface area contributed by atoms with E-state index in [1.807, 2.05) is 60.4 Å². The number of amides is 2. The summed E-state index contributed by atoms with van der Waals surface area (Å²) >= 11 is 1.44. The monoisotopic (exact) mass is 465 g/mol. The largest absolute Gasteiger partial charge is 0.493 e. The average Bonchev–Trinajstić information content (AvgIpc) is 3.25. The van der Waals surface area contributed by atoms with Crippen molar-refractivity contribution < 1.29 is 19.1 Å². The maximum Gasteiger partial charge on any atom is 0.254 e. The second-order valence-corrected chi connectivity index (χ2v) is 8.78. The zero-order valence-electron chi connectivity index (χ0n) is 18.8. The number of carbonyl (C=O) groups excluding carboxylic acids is 2. The average molecular weight is 466 g/mol. The van der Waals surface area contributed by atoms with Crippen molar-refractivity contribution in [2.45, 2.75) is 32.7 Å². The smallest absolute Gasteiger partial charge is 0.254 e. The maximum absolute atomic E-state index is 12.7. The van der Waals surface area contributed by atoms with Gasteiger partial charge in [-0.05, 0) is 43.2 Å². The van der Waals surface area contributed by atoms with E-state index in [0.29, 0.717) is 61.2 Å². The third-order valence-electron chi connectivity index (χ3n) is 5.45. The van der Waals surface area contributed by atoms with Crippen LogP contribution >= 0.6 is 11.3 Å². The Morgan fingerprint density at radius 2 is 1.97 bits per heavy atom. The molecule has 3 aromatic rings. The number of nitrogens with one attached hydrogen (secondary N) is 1. The lowest BCUT2D eigenvalue weighted by molar-refractivity contribution is -0.116. The SMILES string of the molecule is CCOc1ccc(CCC(=O)Nc2nc3c(s2)CN(C(=O)c2ccccc2)CC3)cc1OC. The summed E-state index contributed by atoms with van der Waals surface area (Å²) in [6, 6.07) is 15.0. The zero-order valence-corrected chi connectivity index (χ0v) is 19.6. The van der Waals surface area contributed by atoms with Crippen LogP contribution in [0.3, 0.4) is 0 Å². The molecule has 1 aliphatic rings. The Labute approximate surface area is 197 Å². The quantitative estimate of drug-likeness (QED) is 0.536. The number of carbonyl (C=O) groups is 2. The van der Waals surface area contributed by atoms with Crippen molar-refractivity contribution in [2.75, 3.05) is 25.6 Å². The molecule has 0 spiro atoms. The molecule has 2 amide bonds. The number of ether oxygens (including phenoxy) is 2. The van der Waals surface area contributed by atoms with Crippen molar-refractivity contribution in [2.24, 2.45) is 0 Å². The molecular formula is C25H27N3O4S. The second kappa shape index (κ2) is 10.5. The van der Waals surface area contributed by atoms with Crippen LogP contribution in [0.4, 0.5) is 5.13 Å². The van der Waals surface area contributed by atoms with Crippen LogP contribution in [-0.4, -0.2) is 42.0 Å². The van der Waals surface area contributed by atoms with Crippen LogP contribution < -0.4 is 14.8 Å². The van der Waals surface area contributed by atoms with Gasteiger partial charge in [0, 0.05) is 29.8 Å². The molecule has 4 rings (SSSR count). The predicted octanol–water partition coefficient (Wildman–Crippen LogP) is 4.32. The molecule has 1 N–H and O–H groups in total. The Hall–Kier alpha value is -3.39. The summed E-state index contributed by atoms with van der Waals surface area (Å²) in [5, 5.41) is 3.50. The van der Waals surface area contributed by atoms with Gasteiger partial charge in [-0.15, -0.1) is 0 Å². The molecule has 7 nitrogen and oxygen atoms in total. The molecule has 0 saturated heterocycles. The predicted molar refractivity (Wildman–Crippen MR) is 128 cm³/mol. The first-order valence-corrected chi connectivity index (χ1v) is 11.8. The molecule has 1 aromatic heterocycles. The van der Waals surface area contributed by atoms with Crippen molar-refractivity contribution in [1.29, 1.82) is 0 Å². The molecule has 0 fully saturated rings. The summed E-state index contributed by atoms with van der Waals surface area (Å²) in [5.41, 5.74) is 2.65. The van der Waals surface area contributed by atoms with E-state index in [4.69, 9.17) is 9.47 Å². The van der Waals surface area contributed by atoms with Crippen molar-refractivity contribution >= 4 is 28.3 Å². The van der Waals surface area contributed by atoms with Gasteiger partial charge >= 0.3 is 0 Å². The van der Waals surface area contributed by atoms with Gasteiger partial charge in [0.1, 0.15) is 0 Å². The molecule has 172 valence electrons. The van der Waals surface area contributed by atoms with Crippen LogP contribution in [0, 0.1) is 0 Å². The third-order valence-corrected chi connectivity index (χ3v) is 6.45. The zero-order chi connectivity index (χ0) is 23.2. The van der Waals surface area contributed by atoms with E-state index in [1.54, 1.807) is 7.11 Å². The highest BCUT2D eigenvalue weighted by Crippen LogP contribution is 2.30. The van der Waals surface area contributed by atoms with Crippen LogP contribution in [-0.2, 0) is 24.2 Å². The number of aryl methyl sites for hydroxylation is 1. The number of nitrogens with zero attached hydrogens (tertiary/aromatic N) is 2. The highest BCUT2D eigenvalue weighted by molar-refractivity contribution is 7.15. The molecule has 33 heavy (non-hydrogen) atoms. The third kappa shape index (κ3) is 5.51. The van der Waals surface area contributed by atoms with Crippen molar-refractivity contribution in [3.63, 3.8) is 0 Å². The fourth-order valence-corrected chi connectivity index (χ4v) is 4.81. The van der Waals surface area contributed by atoms with Crippen LogP contribution in [0.5, 0.6) is 11.5 Å². The van der Waals surface area contributed by atoms with E-state index in [2.05, 4.69) is 10.3 Å². The number of hydrogen-bond acceptors (Lipinski definition) is 6. The molecule has 8 heteroatoms. The van der Waals surface area contributed by atoms with E-state index in [9.17, 15) is 9.59 Å². The number of hydrogen-bond donors (Lipinski definition) is 1. The Bertz CT molecular complexity index is 1130. The fraction of sp³-hybridized carbons (Fsp3) is 0.320. The lowest BCUT2D eigenvalue weighted by Gasteiger charge is -2.26. The van der Waals surface area contributed by atoms with Gasteiger partial charge in [-0.3, -0.25) is 9.59 Å². The molecule has 0 aliphatic carbocycles. The summed E-state index contributed by atoms with van der Waals surface area (Å²) in [6.45, 7) is 3.63. The molecular weight excluding hydrogens is 438 g/mol. The second-order valence-electron chi connectivity index (χ2n) is 7.70. The van der Waals surface area contributed by atoms with E-state index >= 15 is 0 Å². The van der Waals surface area contributed by atoms with Crippen molar-refractivity contribution in [1.82, 2.24) is 9.88 Å². The van der Waals surface area contributed by atoms with Gasteiger partial charge in [0.25, 0.3) is 5.91 Å². The number of fused-ring (bicyclic) bond motifs is 1. The number of methoxy groups -OCH3 is 1. The lowest BCUT2D eigenvalue weighted by atomic mass is 10.1. The van der Waals surface area contributed by atoms with Gasteiger partial charge in [-0.1, -0.05) is 35.6 Å². The minimum absolute atomic E-state index is 0.0195. The molecule has 2 aromatic carbocycles. The van der Waals surface area contributed by atoms with Crippen molar-refractivity contribution in [3.8, 4) is 11.5 Å². The van der Waals surface area contributed by atoms with Crippen LogP contribution in [0.1, 0.15) is 39.8 Å².